The molecule has 0 spiro atoms. The standard InChI is InChI=1S/C19H21ClN4O2/c1-2-21-18(25)13-4-3-5-15(10-13)23-19(26)16-11-22-24-17(16)12-6-8-14(20)9-7-12/h3-10,16-17,22,24H,2,11H2,1H3,(H,21,25)(H,23,26). The number of carbonyl (C=O) groups excluding carboxylic acids is 2. The van der Waals surface area contributed by atoms with Gasteiger partial charge >= 0.3 is 0 Å². The van der Waals surface area contributed by atoms with Gasteiger partial charge in [-0.15, -0.1) is 0 Å². The first-order valence-corrected chi connectivity index (χ1v) is 8.89. The third-order valence-electron chi connectivity index (χ3n) is 4.28. The van der Waals surface area contributed by atoms with Crippen LogP contribution in [0.25, 0.3) is 0 Å². The Morgan fingerprint density at radius 2 is 1.96 bits per heavy atom. The Morgan fingerprint density at radius 3 is 2.69 bits per heavy atom. The van der Waals surface area contributed by atoms with Crippen LogP contribution in [0, 0.1) is 5.92 Å². The van der Waals surface area contributed by atoms with Gasteiger partial charge in [-0.25, -0.2) is 5.43 Å². The Morgan fingerprint density at radius 1 is 1.19 bits per heavy atom. The van der Waals surface area contributed by atoms with E-state index in [0.29, 0.717) is 29.4 Å². The molecule has 1 aliphatic heterocycles. The number of carbonyl (C=O) groups is 2. The average molecular weight is 373 g/mol. The van der Waals surface area contributed by atoms with Crippen molar-refractivity contribution < 1.29 is 9.59 Å². The molecule has 2 aromatic rings. The second kappa shape index (κ2) is 8.31. The van der Waals surface area contributed by atoms with Crippen molar-refractivity contribution in [3.63, 3.8) is 0 Å². The zero-order valence-corrected chi connectivity index (χ0v) is 15.1. The summed E-state index contributed by atoms with van der Waals surface area (Å²) < 4.78 is 0. The van der Waals surface area contributed by atoms with E-state index in [1.54, 1.807) is 24.3 Å². The van der Waals surface area contributed by atoms with Crippen molar-refractivity contribution >= 4 is 29.1 Å². The van der Waals surface area contributed by atoms with Crippen molar-refractivity contribution in [3.8, 4) is 0 Å². The molecule has 0 saturated carbocycles. The van der Waals surface area contributed by atoms with E-state index in [1.807, 2.05) is 31.2 Å². The fourth-order valence-corrected chi connectivity index (χ4v) is 3.09. The summed E-state index contributed by atoms with van der Waals surface area (Å²) in [7, 11) is 0. The topological polar surface area (TPSA) is 82.3 Å². The maximum absolute atomic E-state index is 12.8. The fraction of sp³-hybridized carbons (Fsp3) is 0.263. The quantitative estimate of drug-likeness (QED) is 0.650. The number of rotatable bonds is 5. The molecule has 2 unspecified atom stereocenters. The first-order chi connectivity index (χ1) is 12.6. The van der Waals surface area contributed by atoms with Crippen molar-refractivity contribution in [3.05, 3.63) is 64.7 Å². The maximum Gasteiger partial charge on any atom is 0.251 e. The minimum absolute atomic E-state index is 0.115. The molecule has 2 atom stereocenters. The van der Waals surface area contributed by atoms with Gasteiger partial charge in [0.1, 0.15) is 0 Å². The summed E-state index contributed by atoms with van der Waals surface area (Å²) in [5.74, 6) is -0.563. The van der Waals surface area contributed by atoms with Gasteiger partial charge in [0.2, 0.25) is 5.91 Å². The number of hydrogen-bond donors (Lipinski definition) is 4. The van der Waals surface area contributed by atoms with Gasteiger partial charge in [-0.1, -0.05) is 29.8 Å². The SMILES string of the molecule is CCNC(=O)c1cccc(NC(=O)C2CNNC2c2ccc(Cl)cc2)c1. The van der Waals surface area contributed by atoms with Crippen LogP contribution in [-0.2, 0) is 4.79 Å². The van der Waals surface area contributed by atoms with Gasteiger partial charge in [0.15, 0.2) is 0 Å². The number of nitrogens with one attached hydrogen (secondary N) is 4. The molecule has 1 heterocycles. The third-order valence-corrected chi connectivity index (χ3v) is 4.53. The van der Waals surface area contributed by atoms with Gasteiger partial charge in [0.05, 0.1) is 12.0 Å². The van der Waals surface area contributed by atoms with E-state index in [0.717, 1.165) is 5.56 Å². The normalized spacial score (nSPS) is 19.2. The third kappa shape index (κ3) is 4.22. The molecular weight excluding hydrogens is 352 g/mol. The molecule has 6 nitrogen and oxygen atoms in total. The smallest absolute Gasteiger partial charge is 0.251 e. The molecule has 4 N–H and O–H groups in total. The lowest BCUT2D eigenvalue weighted by Gasteiger charge is -2.18. The van der Waals surface area contributed by atoms with E-state index in [2.05, 4.69) is 21.5 Å². The Balaban J connectivity index is 1.72. The van der Waals surface area contributed by atoms with Gasteiger partial charge < -0.3 is 10.6 Å². The Kier molecular flexibility index (Phi) is 5.88. The van der Waals surface area contributed by atoms with Gasteiger partial charge in [-0.2, -0.15) is 0 Å². The largest absolute Gasteiger partial charge is 0.352 e. The van der Waals surface area contributed by atoms with E-state index in [4.69, 9.17) is 11.6 Å². The molecule has 0 bridgehead atoms. The predicted octanol–water partition coefficient (Wildman–Crippen LogP) is 2.49. The summed E-state index contributed by atoms with van der Waals surface area (Å²) in [5, 5.41) is 6.31. The van der Waals surface area contributed by atoms with Crippen LogP contribution in [0.15, 0.2) is 48.5 Å². The molecule has 136 valence electrons. The Labute approximate surface area is 157 Å². The second-order valence-corrected chi connectivity index (χ2v) is 6.53. The first-order valence-electron chi connectivity index (χ1n) is 8.51. The van der Waals surface area contributed by atoms with Crippen LogP contribution in [-0.4, -0.2) is 24.9 Å². The first kappa shape index (κ1) is 18.4. The van der Waals surface area contributed by atoms with Gasteiger partial charge in [0.25, 0.3) is 5.91 Å². The average Bonchev–Trinajstić information content (AvgIpc) is 3.13. The van der Waals surface area contributed by atoms with E-state index in [-0.39, 0.29) is 23.8 Å². The molecule has 26 heavy (non-hydrogen) atoms. The van der Waals surface area contributed by atoms with Crippen molar-refractivity contribution in [2.75, 3.05) is 18.4 Å². The highest BCUT2D eigenvalue weighted by molar-refractivity contribution is 6.30. The van der Waals surface area contributed by atoms with Crippen molar-refractivity contribution in [1.82, 2.24) is 16.2 Å². The van der Waals surface area contributed by atoms with Crippen LogP contribution in [0.5, 0.6) is 0 Å². The number of amides is 2. The lowest BCUT2D eigenvalue weighted by molar-refractivity contribution is -0.119. The summed E-state index contributed by atoms with van der Waals surface area (Å²) in [6.45, 7) is 2.92. The highest BCUT2D eigenvalue weighted by atomic mass is 35.5. The zero-order valence-electron chi connectivity index (χ0n) is 14.4. The van der Waals surface area contributed by atoms with E-state index in [9.17, 15) is 9.59 Å². The number of halogens is 1. The van der Waals surface area contributed by atoms with Gasteiger partial charge in [0, 0.05) is 29.4 Å². The van der Waals surface area contributed by atoms with Crippen LogP contribution in [0.1, 0.15) is 28.9 Å². The van der Waals surface area contributed by atoms with Crippen LogP contribution in [0.3, 0.4) is 0 Å². The van der Waals surface area contributed by atoms with Crippen molar-refractivity contribution in [2.24, 2.45) is 5.92 Å². The molecule has 1 aliphatic rings. The monoisotopic (exact) mass is 372 g/mol. The Hall–Kier alpha value is -2.41. The molecule has 1 saturated heterocycles. The van der Waals surface area contributed by atoms with E-state index >= 15 is 0 Å². The number of hydrazine groups is 1. The molecule has 2 aromatic carbocycles. The summed E-state index contributed by atoms with van der Waals surface area (Å²) in [5.41, 5.74) is 8.27. The molecule has 0 aromatic heterocycles. The summed E-state index contributed by atoms with van der Waals surface area (Å²) >= 11 is 5.94. The van der Waals surface area contributed by atoms with Gasteiger partial charge in [-0.3, -0.25) is 15.0 Å². The highest BCUT2D eigenvalue weighted by Crippen LogP contribution is 2.27. The summed E-state index contributed by atoms with van der Waals surface area (Å²) in [6.07, 6.45) is 0. The zero-order chi connectivity index (χ0) is 18.5. The fourth-order valence-electron chi connectivity index (χ4n) is 2.96. The van der Waals surface area contributed by atoms with Crippen LogP contribution in [0.2, 0.25) is 5.02 Å². The molecular formula is C19H21ClN4O2. The predicted molar refractivity (Wildman–Crippen MR) is 102 cm³/mol. The molecule has 0 aliphatic carbocycles. The van der Waals surface area contributed by atoms with E-state index in [1.165, 1.54) is 0 Å². The summed E-state index contributed by atoms with van der Waals surface area (Å²) in [6, 6.07) is 14.2. The molecule has 2 amide bonds. The highest BCUT2D eigenvalue weighted by Gasteiger charge is 2.34. The minimum atomic E-state index is -0.288. The molecule has 3 rings (SSSR count). The van der Waals surface area contributed by atoms with Crippen molar-refractivity contribution in [2.45, 2.75) is 13.0 Å². The van der Waals surface area contributed by atoms with Crippen molar-refractivity contribution in [1.29, 1.82) is 0 Å². The van der Waals surface area contributed by atoms with Gasteiger partial charge in [-0.05, 0) is 42.8 Å². The van der Waals surface area contributed by atoms with E-state index < -0.39 is 0 Å². The molecule has 0 radical (unpaired) electrons. The Bertz CT molecular complexity index is 794. The lowest BCUT2D eigenvalue weighted by atomic mass is 9.94. The minimum Gasteiger partial charge on any atom is -0.352 e. The van der Waals surface area contributed by atoms with Crippen LogP contribution >= 0.6 is 11.6 Å². The maximum atomic E-state index is 12.8. The number of hydrogen-bond acceptors (Lipinski definition) is 4. The number of benzene rings is 2. The van der Waals surface area contributed by atoms with Crippen LogP contribution in [0.4, 0.5) is 5.69 Å². The molecule has 1 fully saturated rings. The second-order valence-electron chi connectivity index (χ2n) is 6.09. The number of anilines is 1. The summed E-state index contributed by atoms with van der Waals surface area (Å²) in [4.78, 5) is 24.7. The van der Waals surface area contributed by atoms with Crippen LogP contribution < -0.4 is 21.5 Å². The lowest BCUT2D eigenvalue weighted by Crippen LogP contribution is -2.29. The molecule has 7 heteroatoms.